The predicted octanol–water partition coefficient (Wildman–Crippen LogP) is 1.81. The average Bonchev–Trinajstić information content (AvgIpc) is 2.66. The van der Waals surface area contributed by atoms with Gasteiger partial charge >= 0.3 is 0 Å². The number of nitrogens with zero attached hydrogens (tertiary/aromatic N) is 3. The normalized spacial score (nSPS) is 17.6. The first-order valence-electron chi connectivity index (χ1n) is 10.2. The van der Waals surface area contributed by atoms with Crippen LogP contribution in [0.15, 0.2) is 29.3 Å². The molecule has 0 amide bonds. The van der Waals surface area contributed by atoms with E-state index in [2.05, 4.69) is 60.4 Å². The van der Waals surface area contributed by atoms with Crippen molar-refractivity contribution in [1.82, 2.24) is 20.4 Å². The number of guanidine groups is 1. The Kier molecular flexibility index (Phi) is 9.42. The summed E-state index contributed by atoms with van der Waals surface area (Å²) in [4.78, 5) is 9.70. The highest BCUT2D eigenvalue weighted by Gasteiger charge is 2.15. The number of ether oxygens (including phenoxy) is 1. The van der Waals surface area contributed by atoms with Crippen LogP contribution in [-0.2, 0) is 0 Å². The van der Waals surface area contributed by atoms with Crippen LogP contribution < -0.4 is 15.4 Å². The topological polar surface area (TPSA) is 52.1 Å². The van der Waals surface area contributed by atoms with E-state index in [-0.39, 0.29) is 0 Å². The second kappa shape index (κ2) is 11.8. The minimum absolute atomic E-state index is 0.549. The lowest BCUT2D eigenvalue weighted by Gasteiger charge is -2.33. The first kappa shape index (κ1) is 21.5. The summed E-state index contributed by atoms with van der Waals surface area (Å²) < 4.78 is 5.77. The van der Waals surface area contributed by atoms with Crippen LogP contribution in [0.4, 0.5) is 0 Å². The SMILES string of the molecule is CCNC(=NCC(C)CN1CCN(C)CC1)NCCOc1ccc(C)cc1. The van der Waals surface area contributed by atoms with Gasteiger partial charge in [-0.05, 0) is 38.9 Å². The molecule has 0 bridgehead atoms. The molecule has 2 N–H and O–H groups in total. The highest BCUT2D eigenvalue weighted by atomic mass is 16.5. The van der Waals surface area contributed by atoms with Crippen molar-refractivity contribution in [3.8, 4) is 5.75 Å². The Hall–Kier alpha value is -1.79. The van der Waals surface area contributed by atoms with E-state index in [0.29, 0.717) is 12.5 Å². The van der Waals surface area contributed by atoms with Crippen LogP contribution in [-0.4, -0.2) is 81.8 Å². The van der Waals surface area contributed by atoms with Gasteiger partial charge in [-0.1, -0.05) is 24.6 Å². The minimum Gasteiger partial charge on any atom is -0.492 e. The maximum absolute atomic E-state index is 5.77. The lowest BCUT2D eigenvalue weighted by molar-refractivity contribution is 0.140. The molecule has 1 aliphatic heterocycles. The first-order chi connectivity index (χ1) is 13.1. The second-order valence-corrected chi connectivity index (χ2v) is 7.52. The number of nitrogens with one attached hydrogen (secondary N) is 2. The van der Waals surface area contributed by atoms with Crippen molar-refractivity contribution in [2.45, 2.75) is 20.8 Å². The highest BCUT2D eigenvalue weighted by molar-refractivity contribution is 5.79. The van der Waals surface area contributed by atoms with Crippen molar-refractivity contribution in [1.29, 1.82) is 0 Å². The van der Waals surface area contributed by atoms with Crippen molar-refractivity contribution >= 4 is 5.96 Å². The van der Waals surface area contributed by atoms with Crippen molar-refractivity contribution in [3.05, 3.63) is 29.8 Å². The van der Waals surface area contributed by atoms with E-state index in [1.165, 1.54) is 31.7 Å². The number of likely N-dealkylation sites (N-methyl/N-ethyl adjacent to an activating group) is 1. The van der Waals surface area contributed by atoms with Crippen LogP contribution in [0.3, 0.4) is 0 Å². The smallest absolute Gasteiger partial charge is 0.191 e. The number of aryl methyl sites for hydroxylation is 1. The maximum Gasteiger partial charge on any atom is 0.191 e. The number of aliphatic imine (C=N–C) groups is 1. The summed E-state index contributed by atoms with van der Waals surface area (Å²) in [6, 6.07) is 8.15. The molecule has 0 aromatic heterocycles. The zero-order valence-electron chi connectivity index (χ0n) is 17.5. The molecule has 2 rings (SSSR count). The van der Waals surface area contributed by atoms with Crippen LogP contribution in [0, 0.1) is 12.8 Å². The number of hydrogen-bond acceptors (Lipinski definition) is 4. The molecular formula is C21H37N5O. The molecule has 6 heteroatoms. The Morgan fingerprint density at radius 3 is 2.52 bits per heavy atom. The minimum atomic E-state index is 0.549. The lowest BCUT2D eigenvalue weighted by atomic mass is 10.1. The number of benzene rings is 1. The molecule has 0 saturated carbocycles. The second-order valence-electron chi connectivity index (χ2n) is 7.52. The van der Waals surface area contributed by atoms with Crippen LogP contribution >= 0.6 is 0 Å². The largest absolute Gasteiger partial charge is 0.492 e. The summed E-state index contributed by atoms with van der Waals surface area (Å²) in [5.41, 5.74) is 1.24. The fourth-order valence-corrected chi connectivity index (χ4v) is 3.09. The van der Waals surface area contributed by atoms with E-state index >= 15 is 0 Å². The summed E-state index contributed by atoms with van der Waals surface area (Å²) in [6.45, 7) is 15.3. The Morgan fingerprint density at radius 2 is 1.85 bits per heavy atom. The molecule has 0 aliphatic carbocycles. The van der Waals surface area contributed by atoms with Gasteiger partial charge < -0.3 is 25.2 Å². The molecule has 1 saturated heterocycles. The lowest BCUT2D eigenvalue weighted by Crippen LogP contribution is -2.46. The molecule has 1 unspecified atom stereocenters. The Morgan fingerprint density at radius 1 is 1.15 bits per heavy atom. The van der Waals surface area contributed by atoms with Gasteiger partial charge in [-0.3, -0.25) is 4.99 Å². The third kappa shape index (κ3) is 8.63. The van der Waals surface area contributed by atoms with E-state index < -0.39 is 0 Å². The van der Waals surface area contributed by atoms with Crippen molar-refractivity contribution in [2.75, 3.05) is 66.0 Å². The summed E-state index contributed by atoms with van der Waals surface area (Å²) in [5, 5.41) is 6.68. The van der Waals surface area contributed by atoms with Crippen LogP contribution in [0.5, 0.6) is 5.75 Å². The number of rotatable bonds is 9. The maximum atomic E-state index is 5.77. The fraction of sp³-hybridized carbons (Fsp3) is 0.667. The number of hydrogen-bond donors (Lipinski definition) is 2. The van der Waals surface area contributed by atoms with Crippen LogP contribution in [0.2, 0.25) is 0 Å². The third-order valence-electron chi connectivity index (χ3n) is 4.76. The Bertz CT molecular complexity index is 552. The van der Waals surface area contributed by atoms with Gasteiger partial charge in [-0.25, -0.2) is 0 Å². The summed E-state index contributed by atoms with van der Waals surface area (Å²) in [7, 11) is 2.20. The molecule has 6 nitrogen and oxygen atoms in total. The van der Waals surface area contributed by atoms with E-state index in [9.17, 15) is 0 Å². The molecule has 1 aliphatic rings. The van der Waals surface area contributed by atoms with E-state index in [0.717, 1.165) is 37.9 Å². The predicted molar refractivity (Wildman–Crippen MR) is 114 cm³/mol. The van der Waals surface area contributed by atoms with Gasteiger partial charge in [-0.15, -0.1) is 0 Å². The molecule has 0 radical (unpaired) electrons. The molecule has 1 heterocycles. The standard InChI is InChI=1S/C21H37N5O/c1-5-22-21(23-10-15-27-20-8-6-18(2)7-9-20)24-16-19(3)17-26-13-11-25(4)12-14-26/h6-9,19H,5,10-17H2,1-4H3,(H2,22,23,24). The molecule has 1 aromatic carbocycles. The summed E-state index contributed by atoms with van der Waals surface area (Å²) in [6.07, 6.45) is 0. The zero-order chi connectivity index (χ0) is 19.5. The van der Waals surface area contributed by atoms with Crippen molar-refractivity contribution in [2.24, 2.45) is 10.9 Å². The summed E-state index contributed by atoms with van der Waals surface area (Å²) in [5.74, 6) is 2.33. The molecule has 0 spiro atoms. The highest BCUT2D eigenvalue weighted by Crippen LogP contribution is 2.10. The van der Waals surface area contributed by atoms with Crippen LogP contribution in [0.1, 0.15) is 19.4 Å². The molecule has 27 heavy (non-hydrogen) atoms. The Balaban J connectivity index is 1.68. The Labute approximate surface area is 165 Å². The van der Waals surface area contributed by atoms with Gasteiger partial charge in [0.05, 0.1) is 6.54 Å². The van der Waals surface area contributed by atoms with Crippen LogP contribution in [0.25, 0.3) is 0 Å². The van der Waals surface area contributed by atoms with Gasteiger partial charge in [-0.2, -0.15) is 0 Å². The number of piperazine rings is 1. The van der Waals surface area contributed by atoms with Gasteiger partial charge in [0.15, 0.2) is 5.96 Å². The van der Waals surface area contributed by atoms with E-state index in [4.69, 9.17) is 9.73 Å². The monoisotopic (exact) mass is 375 g/mol. The zero-order valence-corrected chi connectivity index (χ0v) is 17.5. The molecule has 1 atom stereocenters. The van der Waals surface area contributed by atoms with E-state index in [1.807, 2.05) is 12.1 Å². The molecular weight excluding hydrogens is 338 g/mol. The molecule has 1 aromatic rings. The summed E-state index contributed by atoms with van der Waals surface area (Å²) >= 11 is 0. The third-order valence-corrected chi connectivity index (χ3v) is 4.76. The van der Waals surface area contributed by atoms with Crippen molar-refractivity contribution < 1.29 is 4.74 Å². The molecule has 1 fully saturated rings. The molecule has 152 valence electrons. The van der Waals surface area contributed by atoms with Gasteiger partial charge in [0.1, 0.15) is 12.4 Å². The fourth-order valence-electron chi connectivity index (χ4n) is 3.09. The first-order valence-corrected chi connectivity index (χ1v) is 10.2. The quantitative estimate of drug-likeness (QED) is 0.392. The van der Waals surface area contributed by atoms with Gasteiger partial charge in [0, 0.05) is 45.8 Å². The van der Waals surface area contributed by atoms with Crippen molar-refractivity contribution in [3.63, 3.8) is 0 Å². The van der Waals surface area contributed by atoms with Gasteiger partial charge in [0.2, 0.25) is 0 Å². The van der Waals surface area contributed by atoms with E-state index in [1.54, 1.807) is 0 Å². The average molecular weight is 376 g/mol. The van der Waals surface area contributed by atoms with Gasteiger partial charge in [0.25, 0.3) is 0 Å².